The Bertz CT molecular complexity index is 1210. The summed E-state index contributed by atoms with van der Waals surface area (Å²) in [4.78, 5) is 15.6. The highest BCUT2D eigenvalue weighted by Gasteiger charge is 2.40. The van der Waals surface area contributed by atoms with Crippen LogP contribution in [0.2, 0.25) is 0 Å². The molecule has 0 unspecified atom stereocenters. The number of nitrogen functional groups attached to an aromatic ring is 2. The molecule has 1 spiro atoms. The van der Waals surface area contributed by atoms with Gasteiger partial charge in [-0.25, -0.2) is 4.98 Å². The maximum absolute atomic E-state index is 6.06. The molecule has 0 atom stereocenters. The van der Waals surface area contributed by atoms with Gasteiger partial charge >= 0.3 is 0 Å². The van der Waals surface area contributed by atoms with Crippen molar-refractivity contribution in [3.8, 4) is 5.75 Å². The second kappa shape index (κ2) is 8.30. The first-order valence-corrected chi connectivity index (χ1v) is 11.6. The third-order valence-corrected chi connectivity index (χ3v) is 6.85. The molecule has 3 aromatic heterocycles. The van der Waals surface area contributed by atoms with E-state index in [4.69, 9.17) is 21.2 Å². The van der Waals surface area contributed by atoms with Gasteiger partial charge in [-0.15, -0.1) is 0 Å². The number of likely N-dealkylation sites (tertiary alicyclic amines) is 1. The van der Waals surface area contributed by atoms with E-state index < -0.39 is 0 Å². The minimum Gasteiger partial charge on any atom is -0.495 e. The van der Waals surface area contributed by atoms with Crippen molar-refractivity contribution in [3.63, 3.8) is 0 Å². The standard InChI is InChI=1S/C24H32N8O/c1-15(2)13-31-6-4-24(5-7-31)9-17(10-24)16-8-20(33-3)19(27-11-16)14-32-21-18(12-28-32)29-23(26)30-22(21)25/h8-9,11-12,15H,4-7,10,13-14H2,1-3H3,(H4,25,26,29,30). The lowest BCUT2D eigenvalue weighted by atomic mass is 9.64. The molecule has 9 heteroatoms. The van der Waals surface area contributed by atoms with Gasteiger partial charge in [-0.1, -0.05) is 19.9 Å². The fourth-order valence-corrected chi connectivity index (χ4v) is 5.17. The van der Waals surface area contributed by atoms with Gasteiger partial charge in [-0.05, 0) is 60.9 Å². The van der Waals surface area contributed by atoms with E-state index in [0.717, 1.165) is 29.3 Å². The van der Waals surface area contributed by atoms with Crippen LogP contribution in [0.5, 0.6) is 5.75 Å². The molecule has 0 radical (unpaired) electrons. The molecule has 1 aliphatic heterocycles. The Morgan fingerprint density at radius 2 is 1.91 bits per heavy atom. The Kier molecular flexibility index (Phi) is 5.44. The summed E-state index contributed by atoms with van der Waals surface area (Å²) in [6, 6.07) is 2.08. The quantitative estimate of drug-likeness (QED) is 0.590. The van der Waals surface area contributed by atoms with Crippen molar-refractivity contribution in [3.05, 3.63) is 35.8 Å². The van der Waals surface area contributed by atoms with E-state index in [1.807, 2.05) is 6.20 Å². The van der Waals surface area contributed by atoms with E-state index in [1.165, 1.54) is 38.0 Å². The Balaban J connectivity index is 1.33. The van der Waals surface area contributed by atoms with Gasteiger partial charge in [0.2, 0.25) is 5.95 Å². The van der Waals surface area contributed by atoms with Gasteiger partial charge in [0, 0.05) is 12.7 Å². The number of allylic oxidation sites excluding steroid dienone is 2. The summed E-state index contributed by atoms with van der Waals surface area (Å²) in [6.07, 6.45) is 9.65. The van der Waals surface area contributed by atoms with E-state index in [2.05, 4.69) is 46.0 Å². The molecule has 4 N–H and O–H groups in total. The van der Waals surface area contributed by atoms with Crippen LogP contribution >= 0.6 is 0 Å². The number of methoxy groups -OCH3 is 1. The summed E-state index contributed by atoms with van der Waals surface area (Å²) < 4.78 is 7.42. The number of rotatable bonds is 6. The van der Waals surface area contributed by atoms with Crippen molar-refractivity contribution in [1.82, 2.24) is 29.6 Å². The molecule has 5 rings (SSSR count). The summed E-state index contributed by atoms with van der Waals surface area (Å²) in [7, 11) is 1.67. The summed E-state index contributed by atoms with van der Waals surface area (Å²) in [5.74, 6) is 1.90. The van der Waals surface area contributed by atoms with Crippen molar-refractivity contribution < 1.29 is 4.74 Å². The lowest BCUT2D eigenvalue weighted by Crippen LogP contribution is -2.43. The van der Waals surface area contributed by atoms with Crippen molar-refractivity contribution >= 4 is 28.4 Å². The van der Waals surface area contributed by atoms with Gasteiger partial charge in [0.25, 0.3) is 0 Å². The predicted octanol–water partition coefficient (Wildman–Crippen LogP) is 2.97. The third kappa shape index (κ3) is 4.13. The van der Waals surface area contributed by atoms with Crippen LogP contribution in [0.15, 0.2) is 24.5 Å². The highest BCUT2D eigenvalue weighted by molar-refractivity contribution is 5.85. The Hall–Kier alpha value is -3.20. The van der Waals surface area contributed by atoms with E-state index >= 15 is 0 Å². The summed E-state index contributed by atoms with van der Waals surface area (Å²) in [5, 5.41) is 4.40. The van der Waals surface area contributed by atoms with Crippen molar-refractivity contribution in [2.75, 3.05) is 38.2 Å². The topological polar surface area (TPSA) is 121 Å². The molecule has 1 aliphatic carbocycles. The lowest BCUT2D eigenvalue weighted by Gasteiger charge is -2.46. The average molecular weight is 449 g/mol. The monoisotopic (exact) mass is 448 g/mol. The van der Waals surface area contributed by atoms with Crippen LogP contribution in [0.3, 0.4) is 0 Å². The Morgan fingerprint density at radius 1 is 1.15 bits per heavy atom. The second-order valence-corrected chi connectivity index (χ2v) is 9.78. The molecule has 4 heterocycles. The lowest BCUT2D eigenvalue weighted by molar-refractivity contribution is 0.122. The largest absolute Gasteiger partial charge is 0.495 e. The van der Waals surface area contributed by atoms with Crippen LogP contribution in [-0.4, -0.2) is 56.4 Å². The Morgan fingerprint density at radius 3 is 2.61 bits per heavy atom. The fraction of sp³-hybridized carbons (Fsp3) is 0.500. The number of nitrogens with two attached hydrogens (primary N) is 2. The first-order valence-electron chi connectivity index (χ1n) is 11.6. The van der Waals surface area contributed by atoms with E-state index in [-0.39, 0.29) is 5.95 Å². The number of fused-ring (bicyclic) bond motifs is 1. The van der Waals surface area contributed by atoms with Crippen LogP contribution in [0, 0.1) is 11.3 Å². The SMILES string of the molecule is COc1cc(C2=CC3(CCN(CC(C)C)CC3)C2)cnc1Cn1ncc2nc(N)nc(N)c21. The van der Waals surface area contributed by atoms with E-state index in [0.29, 0.717) is 28.8 Å². The van der Waals surface area contributed by atoms with Crippen LogP contribution in [0.1, 0.15) is 44.4 Å². The van der Waals surface area contributed by atoms with Gasteiger partial charge < -0.3 is 21.1 Å². The van der Waals surface area contributed by atoms with Crippen LogP contribution in [0.25, 0.3) is 16.6 Å². The minimum absolute atomic E-state index is 0.136. The molecule has 0 aromatic carbocycles. The zero-order chi connectivity index (χ0) is 23.2. The molecule has 1 saturated heterocycles. The molecule has 0 bridgehead atoms. The first-order chi connectivity index (χ1) is 15.9. The molecule has 1 fully saturated rings. The molecule has 2 aliphatic rings. The number of hydrogen-bond acceptors (Lipinski definition) is 8. The number of aromatic nitrogens is 5. The predicted molar refractivity (Wildman–Crippen MR) is 130 cm³/mol. The highest BCUT2D eigenvalue weighted by Crippen LogP contribution is 2.51. The number of nitrogens with zero attached hydrogens (tertiary/aromatic N) is 6. The van der Waals surface area contributed by atoms with Crippen molar-refractivity contribution in [2.45, 2.75) is 39.7 Å². The van der Waals surface area contributed by atoms with Gasteiger partial charge in [-0.3, -0.25) is 9.67 Å². The van der Waals surface area contributed by atoms with Crippen LogP contribution in [-0.2, 0) is 6.54 Å². The number of pyridine rings is 1. The number of piperidine rings is 1. The minimum atomic E-state index is 0.136. The zero-order valence-corrected chi connectivity index (χ0v) is 19.6. The van der Waals surface area contributed by atoms with Gasteiger partial charge in [0.15, 0.2) is 5.82 Å². The maximum Gasteiger partial charge on any atom is 0.222 e. The highest BCUT2D eigenvalue weighted by atomic mass is 16.5. The Labute approximate surface area is 193 Å². The van der Waals surface area contributed by atoms with Crippen molar-refractivity contribution in [1.29, 1.82) is 0 Å². The van der Waals surface area contributed by atoms with Gasteiger partial charge in [-0.2, -0.15) is 10.1 Å². The van der Waals surface area contributed by atoms with Gasteiger partial charge in [0.05, 0.1) is 19.9 Å². The van der Waals surface area contributed by atoms with Crippen LogP contribution < -0.4 is 16.2 Å². The molecular formula is C24H32N8O. The fourth-order valence-electron chi connectivity index (χ4n) is 5.17. The second-order valence-electron chi connectivity index (χ2n) is 9.78. The maximum atomic E-state index is 6.06. The summed E-state index contributed by atoms with van der Waals surface area (Å²) in [6.45, 7) is 8.58. The van der Waals surface area contributed by atoms with E-state index in [9.17, 15) is 0 Å². The molecular weight excluding hydrogens is 416 g/mol. The molecule has 0 saturated carbocycles. The molecule has 0 amide bonds. The first kappa shape index (κ1) is 21.6. The number of anilines is 2. The molecule has 9 nitrogen and oxygen atoms in total. The van der Waals surface area contributed by atoms with Crippen LogP contribution in [0.4, 0.5) is 11.8 Å². The summed E-state index contributed by atoms with van der Waals surface area (Å²) in [5.41, 5.74) is 16.6. The third-order valence-electron chi connectivity index (χ3n) is 6.85. The molecule has 174 valence electrons. The summed E-state index contributed by atoms with van der Waals surface area (Å²) >= 11 is 0. The normalized spacial score (nSPS) is 18.0. The van der Waals surface area contributed by atoms with Gasteiger partial charge in [0.1, 0.15) is 22.5 Å². The van der Waals surface area contributed by atoms with Crippen molar-refractivity contribution in [2.24, 2.45) is 11.3 Å². The van der Waals surface area contributed by atoms with E-state index in [1.54, 1.807) is 18.0 Å². The smallest absolute Gasteiger partial charge is 0.222 e. The zero-order valence-electron chi connectivity index (χ0n) is 19.6. The molecule has 33 heavy (non-hydrogen) atoms. The average Bonchev–Trinajstić information content (AvgIpc) is 3.15. The number of ether oxygens (including phenoxy) is 1. The molecule has 3 aromatic rings. The number of hydrogen-bond donors (Lipinski definition) is 2.